The molecule has 0 bridgehead atoms. The minimum Gasteiger partial charge on any atom is -0.354 e. The molecule has 2 aliphatic rings. The van der Waals surface area contributed by atoms with E-state index in [1.54, 1.807) is 0 Å². The van der Waals surface area contributed by atoms with Crippen molar-refractivity contribution < 1.29 is 4.79 Å². The Labute approximate surface area is 85.0 Å². The Bertz CT molecular complexity index is 202. The fraction of sp³-hybridized carbons (Fsp3) is 0.900. The van der Waals surface area contributed by atoms with Crippen molar-refractivity contribution in [1.82, 2.24) is 15.5 Å². The number of amides is 1. The molecule has 0 spiro atoms. The molecule has 2 aliphatic heterocycles. The molecule has 0 aromatic rings. The molecule has 0 aromatic heterocycles. The number of piperazine rings is 1. The van der Waals surface area contributed by atoms with Gasteiger partial charge < -0.3 is 10.6 Å². The Morgan fingerprint density at radius 3 is 3.00 bits per heavy atom. The zero-order valence-corrected chi connectivity index (χ0v) is 8.59. The Morgan fingerprint density at radius 1 is 1.36 bits per heavy atom. The molecule has 0 saturated carbocycles. The monoisotopic (exact) mass is 197 g/mol. The van der Waals surface area contributed by atoms with Crippen LogP contribution in [-0.2, 0) is 4.79 Å². The van der Waals surface area contributed by atoms with Crippen molar-refractivity contribution in [3.63, 3.8) is 0 Å². The van der Waals surface area contributed by atoms with E-state index >= 15 is 0 Å². The van der Waals surface area contributed by atoms with E-state index in [4.69, 9.17) is 0 Å². The Balaban J connectivity index is 1.75. The summed E-state index contributed by atoms with van der Waals surface area (Å²) in [5.74, 6) is 0.173. The molecular formula is C10H19N3O. The van der Waals surface area contributed by atoms with Crippen molar-refractivity contribution in [2.75, 3.05) is 32.7 Å². The van der Waals surface area contributed by atoms with Gasteiger partial charge in [-0.15, -0.1) is 0 Å². The van der Waals surface area contributed by atoms with Gasteiger partial charge in [0.05, 0.1) is 6.54 Å². The van der Waals surface area contributed by atoms with Gasteiger partial charge in [-0.1, -0.05) is 6.42 Å². The molecule has 14 heavy (non-hydrogen) atoms. The number of nitrogens with zero attached hydrogens (tertiary/aromatic N) is 1. The van der Waals surface area contributed by atoms with Gasteiger partial charge in [-0.2, -0.15) is 0 Å². The maximum absolute atomic E-state index is 11.1. The fourth-order valence-electron chi connectivity index (χ4n) is 2.24. The maximum Gasteiger partial charge on any atom is 0.234 e. The van der Waals surface area contributed by atoms with Gasteiger partial charge in [0.1, 0.15) is 0 Å². The Hall–Kier alpha value is -0.610. The Morgan fingerprint density at radius 2 is 2.29 bits per heavy atom. The standard InChI is InChI=1S/C10H19N3O/c14-10-8-13(6-5-12-10)7-9-3-1-2-4-11-9/h9,11H,1-8H2,(H,12,14). The zero-order valence-electron chi connectivity index (χ0n) is 8.59. The highest BCUT2D eigenvalue weighted by Gasteiger charge is 2.20. The van der Waals surface area contributed by atoms with Crippen LogP contribution in [0.2, 0.25) is 0 Å². The highest BCUT2D eigenvalue weighted by Crippen LogP contribution is 2.08. The Kier molecular flexibility index (Phi) is 3.37. The number of rotatable bonds is 2. The van der Waals surface area contributed by atoms with E-state index in [0.717, 1.165) is 26.2 Å². The van der Waals surface area contributed by atoms with Crippen LogP contribution >= 0.6 is 0 Å². The molecule has 2 heterocycles. The molecule has 2 N–H and O–H groups in total. The molecule has 0 aliphatic carbocycles. The van der Waals surface area contributed by atoms with Crippen LogP contribution in [0.5, 0.6) is 0 Å². The van der Waals surface area contributed by atoms with E-state index in [-0.39, 0.29) is 5.91 Å². The van der Waals surface area contributed by atoms with Gasteiger partial charge in [-0.25, -0.2) is 0 Å². The van der Waals surface area contributed by atoms with Crippen LogP contribution in [0.1, 0.15) is 19.3 Å². The average molecular weight is 197 g/mol. The minimum absolute atomic E-state index is 0.173. The van der Waals surface area contributed by atoms with Crippen molar-refractivity contribution in [3.05, 3.63) is 0 Å². The third-order valence-electron chi connectivity index (χ3n) is 3.01. The van der Waals surface area contributed by atoms with Crippen molar-refractivity contribution in [2.45, 2.75) is 25.3 Å². The summed E-state index contributed by atoms with van der Waals surface area (Å²) in [6.07, 6.45) is 3.90. The van der Waals surface area contributed by atoms with Crippen LogP contribution in [0.25, 0.3) is 0 Å². The van der Waals surface area contributed by atoms with Crippen LogP contribution in [0.4, 0.5) is 0 Å². The third kappa shape index (κ3) is 2.69. The molecule has 80 valence electrons. The second-order valence-corrected chi connectivity index (χ2v) is 4.23. The van der Waals surface area contributed by atoms with Crippen molar-refractivity contribution in [2.24, 2.45) is 0 Å². The molecular weight excluding hydrogens is 178 g/mol. The van der Waals surface area contributed by atoms with Gasteiger partial charge in [0.2, 0.25) is 5.91 Å². The molecule has 4 nitrogen and oxygen atoms in total. The summed E-state index contributed by atoms with van der Waals surface area (Å²) in [7, 11) is 0. The van der Waals surface area contributed by atoms with Gasteiger partial charge in [0, 0.05) is 25.7 Å². The minimum atomic E-state index is 0.173. The predicted molar refractivity (Wildman–Crippen MR) is 55.1 cm³/mol. The molecule has 2 rings (SSSR count). The lowest BCUT2D eigenvalue weighted by Crippen LogP contribution is -2.52. The van der Waals surface area contributed by atoms with Gasteiger partial charge in [-0.05, 0) is 19.4 Å². The van der Waals surface area contributed by atoms with E-state index in [1.807, 2.05) is 0 Å². The SMILES string of the molecule is O=C1CN(CC2CCCCN2)CCN1. The van der Waals surface area contributed by atoms with Crippen molar-refractivity contribution in [1.29, 1.82) is 0 Å². The van der Waals surface area contributed by atoms with Crippen LogP contribution in [-0.4, -0.2) is 49.6 Å². The molecule has 1 unspecified atom stereocenters. The zero-order chi connectivity index (χ0) is 9.80. The topological polar surface area (TPSA) is 44.4 Å². The molecule has 1 amide bonds. The highest BCUT2D eigenvalue weighted by molar-refractivity contribution is 5.78. The van der Waals surface area contributed by atoms with Gasteiger partial charge in [0.25, 0.3) is 0 Å². The first-order valence-electron chi connectivity index (χ1n) is 5.57. The fourth-order valence-corrected chi connectivity index (χ4v) is 2.24. The smallest absolute Gasteiger partial charge is 0.234 e. The van der Waals surface area contributed by atoms with E-state index < -0.39 is 0 Å². The number of nitrogens with one attached hydrogen (secondary N) is 2. The van der Waals surface area contributed by atoms with Crippen LogP contribution in [0.15, 0.2) is 0 Å². The molecule has 2 fully saturated rings. The summed E-state index contributed by atoms with van der Waals surface area (Å²) in [6, 6.07) is 0.606. The quantitative estimate of drug-likeness (QED) is 0.631. The number of carbonyl (C=O) groups is 1. The second-order valence-electron chi connectivity index (χ2n) is 4.23. The van der Waals surface area contributed by atoms with E-state index in [2.05, 4.69) is 15.5 Å². The van der Waals surface area contributed by atoms with Gasteiger partial charge in [0.15, 0.2) is 0 Å². The molecule has 2 saturated heterocycles. The summed E-state index contributed by atoms with van der Waals surface area (Å²) in [5, 5.41) is 6.36. The highest BCUT2D eigenvalue weighted by atomic mass is 16.2. The van der Waals surface area contributed by atoms with Crippen LogP contribution in [0, 0.1) is 0 Å². The maximum atomic E-state index is 11.1. The third-order valence-corrected chi connectivity index (χ3v) is 3.01. The first kappa shape index (κ1) is 9.93. The second kappa shape index (κ2) is 4.75. The largest absolute Gasteiger partial charge is 0.354 e. The van der Waals surface area contributed by atoms with Gasteiger partial charge >= 0.3 is 0 Å². The first-order chi connectivity index (χ1) is 6.84. The average Bonchev–Trinajstić information content (AvgIpc) is 2.19. The normalized spacial score (nSPS) is 30.0. The number of hydrogen-bond acceptors (Lipinski definition) is 3. The van der Waals surface area contributed by atoms with E-state index in [9.17, 15) is 4.79 Å². The summed E-state index contributed by atoms with van der Waals surface area (Å²) in [6.45, 7) is 4.58. The lowest BCUT2D eigenvalue weighted by Gasteiger charge is -2.32. The van der Waals surface area contributed by atoms with Gasteiger partial charge in [-0.3, -0.25) is 9.69 Å². The lowest BCUT2D eigenvalue weighted by molar-refractivity contribution is -0.124. The van der Waals surface area contributed by atoms with Crippen molar-refractivity contribution in [3.8, 4) is 0 Å². The van der Waals surface area contributed by atoms with E-state index in [0.29, 0.717) is 12.6 Å². The van der Waals surface area contributed by atoms with E-state index in [1.165, 1.54) is 19.3 Å². The molecule has 4 heteroatoms. The first-order valence-corrected chi connectivity index (χ1v) is 5.57. The summed E-state index contributed by atoms with van der Waals surface area (Å²) in [5.41, 5.74) is 0. The lowest BCUT2D eigenvalue weighted by atomic mass is 10.0. The number of carbonyl (C=O) groups excluding carboxylic acids is 1. The van der Waals surface area contributed by atoms with Crippen LogP contribution in [0.3, 0.4) is 0 Å². The summed E-state index contributed by atoms with van der Waals surface area (Å²) in [4.78, 5) is 13.4. The van der Waals surface area contributed by atoms with Crippen molar-refractivity contribution >= 4 is 5.91 Å². The van der Waals surface area contributed by atoms with Crippen LogP contribution < -0.4 is 10.6 Å². The summed E-state index contributed by atoms with van der Waals surface area (Å²) < 4.78 is 0. The summed E-state index contributed by atoms with van der Waals surface area (Å²) >= 11 is 0. The number of piperidine rings is 1. The molecule has 0 radical (unpaired) electrons. The number of hydrogen-bond donors (Lipinski definition) is 2. The molecule has 0 aromatic carbocycles. The predicted octanol–water partition coefficient (Wildman–Crippen LogP) is -0.440. The molecule has 1 atom stereocenters.